The minimum atomic E-state index is -0.608. The Morgan fingerprint density at radius 3 is 2.55 bits per heavy atom. The Labute approximate surface area is 128 Å². The van der Waals surface area contributed by atoms with Crippen LogP contribution in [0.5, 0.6) is 0 Å². The Hall–Kier alpha value is -2.94. The molecule has 1 aromatic heterocycles. The van der Waals surface area contributed by atoms with Crippen molar-refractivity contribution in [3.63, 3.8) is 0 Å². The first-order chi connectivity index (χ1) is 10.4. The summed E-state index contributed by atoms with van der Waals surface area (Å²) in [5, 5.41) is 22.9. The number of anilines is 1. The second-order valence-electron chi connectivity index (χ2n) is 5.54. The number of hydrogen-bond acceptors (Lipinski definition) is 5. The largest absolute Gasteiger partial charge is 0.369 e. The zero-order chi connectivity index (χ0) is 16.2. The molecule has 0 unspecified atom stereocenters. The van der Waals surface area contributed by atoms with E-state index in [1.54, 1.807) is 6.07 Å². The normalized spacial score (nSPS) is 10.8. The molecule has 1 heterocycles. The lowest BCUT2D eigenvalue weighted by Gasteiger charge is -2.25. The van der Waals surface area contributed by atoms with Gasteiger partial charge in [0, 0.05) is 18.0 Å². The van der Waals surface area contributed by atoms with Crippen molar-refractivity contribution in [3.05, 3.63) is 63.8 Å². The first-order valence-electron chi connectivity index (χ1n) is 6.79. The zero-order valence-corrected chi connectivity index (χ0v) is 12.4. The van der Waals surface area contributed by atoms with Gasteiger partial charge in [0.25, 0.3) is 0 Å². The van der Waals surface area contributed by atoms with Crippen molar-refractivity contribution >= 4 is 11.5 Å². The number of rotatable bonds is 5. The summed E-state index contributed by atoms with van der Waals surface area (Å²) >= 11 is 0. The molecule has 6 nitrogen and oxygen atoms in total. The van der Waals surface area contributed by atoms with Crippen LogP contribution in [0.1, 0.15) is 25.1 Å². The van der Waals surface area contributed by atoms with E-state index in [-0.39, 0.29) is 16.8 Å². The van der Waals surface area contributed by atoms with Gasteiger partial charge in [-0.1, -0.05) is 44.2 Å². The van der Waals surface area contributed by atoms with Crippen molar-refractivity contribution < 1.29 is 4.92 Å². The maximum atomic E-state index is 10.8. The van der Waals surface area contributed by atoms with Gasteiger partial charge in [-0.05, 0) is 11.6 Å². The van der Waals surface area contributed by atoms with Crippen LogP contribution in [-0.4, -0.2) is 16.5 Å². The Morgan fingerprint density at radius 1 is 1.27 bits per heavy atom. The lowest BCUT2D eigenvalue weighted by atomic mass is 9.84. The van der Waals surface area contributed by atoms with Gasteiger partial charge in [0.1, 0.15) is 11.9 Å². The van der Waals surface area contributed by atoms with E-state index in [2.05, 4.69) is 24.1 Å². The van der Waals surface area contributed by atoms with Crippen molar-refractivity contribution in [2.24, 2.45) is 0 Å². The van der Waals surface area contributed by atoms with E-state index >= 15 is 0 Å². The van der Waals surface area contributed by atoms with Crippen LogP contribution in [0.2, 0.25) is 0 Å². The molecular weight excluding hydrogens is 280 g/mol. The summed E-state index contributed by atoms with van der Waals surface area (Å²) in [5.41, 5.74) is 0.560. The highest BCUT2D eigenvalue weighted by molar-refractivity contribution is 5.50. The van der Waals surface area contributed by atoms with Gasteiger partial charge < -0.3 is 5.32 Å². The Bertz CT molecular complexity index is 721. The molecule has 0 bridgehead atoms. The predicted molar refractivity (Wildman–Crippen MR) is 83.6 cm³/mol. The minimum absolute atomic E-state index is 0.141. The molecule has 2 rings (SSSR count). The van der Waals surface area contributed by atoms with E-state index in [1.807, 2.05) is 30.3 Å². The van der Waals surface area contributed by atoms with Crippen molar-refractivity contribution in [3.8, 4) is 6.07 Å². The second-order valence-corrected chi connectivity index (χ2v) is 5.54. The van der Waals surface area contributed by atoms with Gasteiger partial charge in [-0.3, -0.25) is 10.1 Å². The first kappa shape index (κ1) is 15.4. The van der Waals surface area contributed by atoms with E-state index in [4.69, 9.17) is 5.26 Å². The third kappa shape index (κ3) is 3.38. The number of nitriles is 1. The molecule has 0 saturated heterocycles. The molecule has 0 fully saturated rings. The van der Waals surface area contributed by atoms with Crippen molar-refractivity contribution in [1.29, 1.82) is 5.26 Å². The summed E-state index contributed by atoms with van der Waals surface area (Å²) in [7, 11) is 0. The summed E-state index contributed by atoms with van der Waals surface area (Å²) in [5.74, 6) is 0.450. The summed E-state index contributed by atoms with van der Waals surface area (Å²) < 4.78 is 0. The average molecular weight is 296 g/mol. The van der Waals surface area contributed by atoms with E-state index in [1.165, 1.54) is 17.7 Å². The van der Waals surface area contributed by atoms with E-state index in [9.17, 15) is 10.1 Å². The van der Waals surface area contributed by atoms with Crippen LogP contribution in [0.15, 0.2) is 42.5 Å². The minimum Gasteiger partial charge on any atom is -0.369 e. The summed E-state index contributed by atoms with van der Waals surface area (Å²) in [6, 6.07) is 14.6. The topological polar surface area (TPSA) is 91.9 Å². The highest BCUT2D eigenvalue weighted by atomic mass is 16.6. The van der Waals surface area contributed by atoms with E-state index in [0.717, 1.165) is 0 Å². The molecule has 0 spiro atoms. The maximum absolute atomic E-state index is 10.8. The van der Waals surface area contributed by atoms with Gasteiger partial charge in [-0.2, -0.15) is 5.26 Å². The standard InChI is InChI=1S/C16H16N4O2/c1-16(2,12-6-4-3-5-7-12)11-18-15-9-8-14(20(21)22)13(10-17)19-15/h3-9H,11H2,1-2H3,(H,18,19). The summed E-state index contributed by atoms with van der Waals surface area (Å²) in [6.07, 6.45) is 0. The van der Waals surface area contributed by atoms with Gasteiger partial charge in [-0.15, -0.1) is 0 Å². The van der Waals surface area contributed by atoms with Gasteiger partial charge >= 0.3 is 5.69 Å². The summed E-state index contributed by atoms with van der Waals surface area (Å²) in [6.45, 7) is 4.77. The Balaban J connectivity index is 2.15. The van der Waals surface area contributed by atoms with Crippen molar-refractivity contribution in [1.82, 2.24) is 4.98 Å². The SMILES string of the molecule is CC(C)(CNc1ccc([N+](=O)[O-])c(C#N)n1)c1ccccc1. The van der Waals surface area contributed by atoms with Crippen LogP contribution >= 0.6 is 0 Å². The number of nitrogens with one attached hydrogen (secondary N) is 1. The molecule has 0 aliphatic rings. The quantitative estimate of drug-likeness (QED) is 0.675. The van der Waals surface area contributed by atoms with E-state index < -0.39 is 4.92 Å². The first-order valence-corrected chi connectivity index (χ1v) is 6.79. The van der Waals surface area contributed by atoms with Crippen LogP contribution < -0.4 is 5.32 Å². The maximum Gasteiger partial charge on any atom is 0.305 e. The smallest absolute Gasteiger partial charge is 0.305 e. The molecule has 6 heteroatoms. The molecule has 1 aromatic carbocycles. The second kappa shape index (κ2) is 6.22. The van der Waals surface area contributed by atoms with Crippen LogP contribution in [0.25, 0.3) is 0 Å². The molecular formula is C16H16N4O2. The Morgan fingerprint density at radius 2 is 1.95 bits per heavy atom. The molecule has 2 aromatic rings. The number of benzene rings is 1. The molecule has 112 valence electrons. The van der Waals surface area contributed by atoms with Crippen LogP contribution in [0.3, 0.4) is 0 Å². The zero-order valence-electron chi connectivity index (χ0n) is 12.4. The van der Waals surface area contributed by atoms with Gasteiger partial charge in [0.2, 0.25) is 5.69 Å². The van der Waals surface area contributed by atoms with Crippen molar-refractivity contribution in [2.45, 2.75) is 19.3 Å². The van der Waals surface area contributed by atoms with Gasteiger partial charge in [0.15, 0.2) is 0 Å². The highest BCUT2D eigenvalue weighted by Gasteiger charge is 2.21. The lowest BCUT2D eigenvalue weighted by Crippen LogP contribution is -2.27. The predicted octanol–water partition coefficient (Wildman–Crippen LogP) is 3.25. The third-order valence-corrected chi connectivity index (χ3v) is 3.44. The molecule has 0 amide bonds. The van der Waals surface area contributed by atoms with Crippen LogP contribution in [0.4, 0.5) is 11.5 Å². The van der Waals surface area contributed by atoms with E-state index in [0.29, 0.717) is 12.4 Å². The summed E-state index contributed by atoms with van der Waals surface area (Å²) in [4.78, 5) is 14.2. The highest BCUT2D eigenvalue weighted by Crippen LogP contribution is 2.24. The molecule has 0 radical (unpaired) electrons. The number of pyridine rings is 1. The fraction of sp³-hybridized carbons (Fsp3) is 0.250. The van der Waals surface area contributed by atoms with Crippen LogP contribution in [0, 0.1) is 21.4 Å². The number of hydrogen-bond donors (Lipinski definition) is 1. The fourth-order valence-corrected chi connectivity index (χ4v) is 2.08. The number of aromatic nitrogens is 1. The lowest BCUT2D eigenvalue weighted by molar-refractivity contribution is -0.385. The molecule has 0 aliphatic heterocycles. The molecule has 0 saturated carbocycles. The molecule has 0 atom stereocenters. The fourth-order valence-electron chi connectivity index (χ4n) is 2.08. The average Bonchev–Trinajstić information content (AvgIpc) is 2.53. The number of nitrogens with zero attached hydrogens (tertiary/aromatic N) is 3. The third-order valence-electron chi connectivity index (χ3n) is 3.44. The number of nitro groups is 1. The van der Waals surface area contributed by atoms with Gasteiger partial charge in [-0.25, -0.2) is 4.98 Å². The van der Waals surface area contributed by atoms with Gasteiger partial charge in [0.05, 0.1) is 4.92 Å². The Kier molecular flexibility index (Phi) is 4.37. The molecule has 0 aliphatic carbocycles. The molecule has 22 heavy (non-hydrogen) atoms. The molecule has 1 N–H and O–H groups in total. The van der Waals surface area contributed by atoms with Crippen molar-refractivity contribution in [2.75, 3.05) is 11.9 Å². The monoisotopic (exact) mass is 296 g/mol. The van der Waals surface area contributed by atoms with Crippen LogP contribution in [-0.2, 0) is 5.41 Å².